The van der Waals surface area contributed by atoms with Gasteiger partial charge in [0.25, 0.3) is 0 Å². The second-order valence-corrected chi connectivity index (χ2v) is 6.11. The van der Waals surface area contributed by atoms with Gasteiger partial charge in [0.05, 0.1) is 13.2 Å². The van der Waals surface area contributed by atoms with E-state index in [9.17, 15) is 0 Å². The average molecular weight is 290 g/mol. The van der Waals surface area contributed by atoms with Gasteiger partial charge in [-0.05, 0) is 44.4 Å². The van der Waals surface area contributed by atoms with Gasteiger partial charge in [-0.25, -0.2) is 0 Å². The van der Waals surface area contributed by atoms with E-state index in [1.165, 1.54) is 17.5 Å². The topological polar surface area (TPSA) is 24.5 Å². The van der Waals surface area contributed by atoms with E-state index in [-0.39, 0.29) is 0 Å². The van der Waals surface area contributed by atoms with Crippen LogP contribution in [0.15, 0.2) is 24.3 Å². The average Bonchev–Trinajstić information content (AvgIpc) is 2.50. The molecule has 1 aliphatic rings. The number of aryl methyl sites for hydroxylation is 1. The number of rotatable bonds is 7. The quantitative estimate of drug-likeness (QED) is 0.835. The Hall–Kier alpha value is -0.900. The third-order valence-corrected chi connectivity index (χ3v) is 4.41. The molecule has 1 fully saturated rings. The summed E-state index contributed by atoms with van der Waals surface area (Å²) < 4.78 is 5.53. The maximum Gasteiger partial charge on any atom is 0.0619 e. The van der Waals surface area contributed by atoms with Crippen molar-refractivity contribution in [2.75, 3.05) is 32.8 Å². The summed E-state index contributed by atoms with van der Waals surface area (Å²) in [6.45, 7) is 11.7. The van der Waals surface area contributed by atoms with E-state index in [0.29, 0.717) is 12.1 Å². The van der Waals surface area contributed by atoms with Crippen LogP contribution in [0.3, 0.4) is 0 Å². The van der Waals surface area contributed by atoms with Crippen LogP contribution < -0.4 is 5.32 Å². The molecule has 3 heteroatoms. The Morgan fingerprint density at radius 2 is 2.19 bits per heavy atom. The highest BCUT2D eigenvalue weighted by molar-refractivity contribution is 5.28. The summed E-state index contributed by atoms with van der Waals surface area (Å²) in [5, 5.41) is 3.72. The zero-order valence-electron chi connectivity index (χ0n) is 13.8. The van der Waals surface area contributed by atoms with Gasteiger partial charge in [0.2, 0.25) is 0 Å². The summed E-state index contributed by atoms with van der Waals surface area (Å²) in [7, 11) is 0. The van der Waals surface area contributed by atoms with Crippen LogP contribution in [0.1, 0.15) is 43.9 Å². The molecule has 3 nitrogen and oxygen atoms in total. The van der Waals surface area contributed by atoms with Crippen LogP contribution in [-0.2, 0) is 4.74 Å². The second kappa shape index (κ2) is 8.52. The number of nitrogens with zero attached hydrogens (tertiary/aromatic N) is 1. The predicted octanol–water partition coefficient (Wildman–Crippen LogP) is 3.15. The normalized spacial score (nSPS) is 21.4. The molecule has 1 N–H and O–H groups in total. The first-order valence-electron chi connectivity index (χ1n) is 8.33. The maximum absolute atomic E-state index is 5.53. The number of hydrogen-bond acceptors (Lipinski definition) is 3. The molecule has 1 aromatic carbocycles. The summed E-state index contributed by atoms with van der Waals surface area (Å²) in [6, 6.07) is 9.77. The van der Waals surface area contributed by atoms with Crippen LogP contribution in [0, 0.1) is 6.92 Å². The molecule has 1 aromatic rings. The van der Waals surface area contributed by atoms with Crippen molar-refractivity contribution in [1.82, 2.24) is 10.2 Å². The summed E-state index contributed by atoms with van der Waals surface area (Å²) in [5.74, 6) is 0. The highest BCUT2D eigenvalue weighted by atomic mass is 16.5. The molecule has 0 aliphatic carbocycles. The Balaban J connectivity index is 1.97. The van der Waals surface area contributed by atoms with Crippen molar-refractivity contribution in [3.63, 3.8) is 0 Å². The Labute approximate surface area is 129 Å². The lowest BCUT2D eigenvalue weighted by Gasteiger charge is -2.34. The molecular weight excluding hydrogens is 260 g/mol. The Morgan fingerprint density at radius 3 is 2.90 bits per heavy atom. The van der Waals surface area contributed by atoms with Crippen molar-refractivity contribution >= 4 is 0 Å². The number of hydrogen-bond donors (Lipinski definition) is 1. The zero-order chi connectivity index (χ0) is 15.1. The first-order chi connectivity index (χ1) is 10.2. The molecule has 2 atom stereocenters. The van der Waals surface area contributed by atoms with E-state index in [1.807, 2.05) is 0 Å². The molecule has 2 rings (SSSR count). The van der Waals surface area contributed by atoms with Crippen LogP contribution in [0.25, 0.3) is 0 Å². The standard InChI is InChI=1S/C18H30N2O/c1-4-10-19-18(17-8-6-5-7-15(17)2)9-11-20-12-13-21-14-16(20)3/h5-8,16,18-19H,4,9-14H2,1-3H3. The highest BCUT2D eigenvalue weighted by Crippen LogP contribution is 2.22. The van der Waals surface area contributed by atoms with E-state index >= 15 is 0 Å². The second-order valence-electron chi connectivity index (χ2n) is 6.11. The minimum Gasteiger partial charge on any atom is -0.379 e. The lowest BCUT2D eigenvalue weighted by Crippen LogP contribution is -2.44. The Kier molecular flexibility index (Phi) is 6.68. The molecular formula is C18H30N2O. The monoisotopic (exact) mass is 290 g/mol. The minimum atomic E-state index is 0.459. The van der Waals surface area contributed by atoms with E-state index in [0.717, 1.165) is 39.3 Å². The molecule has 0 aromatic heterocycles. The molecule has 1 saturated heterocycles. The molecule has 0 amide bonds. The fourth-order valence-electron chi connectivity index (χ4n) is 3.05. The highest BCUT2D eigenvalue weighted by Gasteiger charge is 2.20. The summed E-state index contributed by atoms with van der Waals surface area (Å²) in [4.78, 5) is 2.56. The van der Waals surface area contributed by atoms with E-state index < -0.39 is 0 Å². The van der Waals surface area contributed by atoms with E-state index in [1.54, 1.807) is 0 Å². The van der Waals surface area contributed by atoms with E-state index in [4.69, 9.17) is 4.74 Å². The predicted molar refractivity (Wildman–Crippen MR) is 88.7 cm³/mol. The molecule has 0 spiro atoms. The van der Waals surface area contributed by atoms with Crippen molar-refractivity contribution in [2.24, 2.45) is 0 Å². The lowest BCUT2D eigenvalue weighted by molar-refractivity contribution is -0.00183. The number of ether oxygens (including phenoxy) is 1. The zero-order valence-corrected chi connectivity index (χ0v) is 13.8. The summed E-state index contributed by atoms with van der Waals surface area (Å²) >= 11 is 0. The fourth-order valence-corrected chi connectivity index (χ4v) is 3.05. The number of morpholine rings is 1. The molecule has 0 bridgehead atoms. The number of nitrogens with one attached hydrogen (secondary N) is 1. The third-order valence-electron chi connectivity index (χ3n) is 4.41. The largest absolute Gasteiger partial charge is 0.379 e. The van der Waals surface area contributed by atoms with Gasteiger partial charge in [-0.2, -0.15) is 0 Å². The van der Waals surface area contributed by atoms with Gasteiger partial charge >= 0.3 is 0 Å². The van der Waals surface area contributed by atoms with Gasteiger partial charge in [-0.1, -0.05) is 31.2 Å². The molecule has 0 saturated carbocycles. The van der Waals surface area contributed by atoms with Crippen LogP contribution in [0.2, 0.25) is 0 Å². The SMILES string of the molecule is CCCNC(CCN1CCOCC1C)c1ccccc1C. The Morgan fingerprint density at radius 1 is 1.38 bits per heavy atom. The van der Waals surface area contributed by atoms with E-state index in [2.05, 4.69) is 55.3 Å². The fraction of sp³-hybridized carbons (Fsp3) is 0.667. The smallest absolute Gasteiger partial charge is 0.0619 e. The molecule has 0 radical (unpaired) electrons. The molecule has 1 aliphatic heterocycles. The molecule has 21 heavy (non-hydrogen) atoms. The number of benzene rings is 1. The van der Waals surface area contributed by atoms with Crippen molar-refractivity contribution in [1.29, 1.82) is 0 Å². The Bertz CT molecular complexity index is 421. The van der Waals surface area contributed by atoms with Crippen molar-refractivity contribution in [2.45, 2.75) is 45.7 Å². The van der Waals surface area contributed by atoms with Crippen LogP contribution in [-0.4, -0.2) is 43.8 Å². The van der Waals surface area contributed by atoms with Crippen LogP contribution >= 0.6 is 0 Å². The molecule has 2 unspecified atom stereocenters. The maximum atomic E-state index is 5.53. The summed E-state index contributed by atoms with van der Waals surface area (Å²) in [5.41, 5.74) is 2.84. The van der Waals surface area contributed by atoms with Gasteiger partial charge in [0, 0.05) is 25.2 Å². The van der Waals surface area contributed by atoms with Gasteiger partial charge in [0.15, 0.2) is 0 Å². The van der Waals surface area contributed by atoms with Gasteiger partial charge in [-0.15, -0.1) is 0 Å². The minimum absolute atomic E-state index is 0.459. The van der Waals surface area contributed by atoms with Crippen molar-refractivity contribution in [3.05, 3.63) is 35.4 Å². The van der Waals surface area contributed by atoms with Gasteiger partial charge in [0.1, 0.15) is 0 Å². The van der Waals surface area contributed by atoms with Crippen LogP contribution in [0.5, 0.6) is 0 Å². The van der Waals surface area contributed by atoms with Gasteiger partial charge in [-0.3, -0.25) is 4.90 Å². The van der Waals surface area contributed by atoms with Gasteiger partial charge < -0.3 is 10.1 Å². The van der Waals surface area contributed by atoms with Crippen molar-refractivity contribution < 1.29 is 4.74 Å². The summed E-state index contributed by atoms with van der Waals surface area (Å²) in [6.07, 6.45) is 2.34. The lowest BCUT2D eigenvalue weighted by atomic mass is 9.98. The molecule has 1 heterocycles. The first kappa shape index (κ1) is 16.5. The first-order valence-corrected chi connectivity index (χ1v) is 8.33. The third kappa shape index (κ3) is 4.80. The van der Waals surface area contributed by atoms with Crippen LogP contribution in [0.4, 0.5) is 0 Å². The van der Waals surface area contributed by atoms with Crippen molar-refractivity contribution in [3.8, 4) is 0 Å². The molecule has 118 valence electrons.